The van der Waals surface area contributed by atoms with Crippen molar-refractivity contribution in [3.8, 4) is 0 Å². The summed E-state index contributed by atoms with van der Waals surface area (Å²) in [4.78, 5) is 25.2. The zero-order valence-electron chi connectivity index (χ0n) is 12.4. The van der Waals surface area contributed by atoms with E-state index in [0.29, 0.717) is 5.17 Å². The summed E-state index contributed by atoms with van der Waals surface area (Å²) in [5.74, 6) is -0.267. The molecule has 1 rings (SSSR count). The lowest BCUT2D eigenvalue weighted by molar-refractivity contribution is -0.384. The maximum Gasteiger partial charge on any atom is 0.294 e. The predicted octanol–water partition coefficient (Wildman–Crippen LogP) is 2.47. The molecule has 7 nitrogen and oxygen atoms in total. The molecule has 0 saturated heterocycles. The van der Waals surface area contributed by atoms with Crippen molar-refractivity contribution in [2.24, 2.45) is 4.99 Å². The average molecular weight is 313 g/mol. The van der Waals surface area contributed by atoms with Crippen molar-refractivity contribution in [3.05, 3.63) is 34.4 Å². The highest BCUT2D eigenvalue weighted by Gasteiger charge is 2.12. The summed E-state index contributed by atoms with van der Waals surface area (Å²) in [5.41, 5.74) is 0.125. The van der Waals surface area contributed by atoms with Gasteiger partial charge in [0, 0.05) is 19.1 Å². The number of para-hydroxylation sites is 2. The molecule has 0 aliphatic heterocycles. The molecule has 0 aliphatic carbocycles. The molecule has 0 saturated carbocycles. The van der Waals surface area contributed by atoms with Crippen LogP contribution in [0.5, 0.6) is 0 Å². The fourth-order valence-corrected chi connectivity index (χ4v) is 1.53. The number of thioether (sulfide) groups is 1. The number of nitrogens with one attached hydrogen (secondary N) is 1. The van der Waals surface area contributed by atoms with Crippen molar-refractivity contribution in [2.75, 3.05) is 6.26 Å². The van der Waals surface area contributed by atoms with Crippen LogP contribution in [-0.4, -0.2) is 33.5 Å². The molecular weight excluding hydrogens is 294 g/mol. The van der Waals surface area contributed by atoms with Crippen LogP contribution < -0.4 is 5.32 Å². The number of rotatable bonds is 2. The summed E-state index contributed by atoms with van der Waals surface area (Å²) in [5, 5.41) is 21.6. The van der Waals surface area contributed by atoms with Crippen LogP contribution in [0.25, 0.3) is 0 Å². The quantitative estimate of drug-likeness (QED) is 0.378. The highest BCUT2D eigenvalue weighted by molar-refractivity contribution is 8.13. The molecular formula is C13H19N3O4S. The highest BCUT2D eigenvalue weighted by Crippen LogP contribution is 2.26. The molecule has 0 bridgehead atoms. The number of aliphatic hydroxyl groups is 1. The van der Waals surface area contributed by atoms with Crippen molar-refractivity contribution in [2.45, 2.75) is 26.9 Å². The second-order valence-electron chi connectivity index (χ2n) is 4.14. The Morgan fingerprint density at radius 3 is 2.38 bits per heavy atom. The zero-order valence-corrected chi connectivity index (χ0v) is 13.2. The van der Waals surface area contributed by atoms with Crippen LogP contribution in [0.1, 0.15) is 20.8 Å². The number of amides is 1. The molecule has 0 aliphatic rings. The second-order valence-corrected chi connectivity index (χ2v) is 4.94. The van der Waals surface area contributed by atoms with E-state index in [1.807, 2.05) is 0 Å². The summed E-state index contributed by atoms with van der Waals surface area (Å²) in [6.45, 7) is 4.80. The maximum atomic E-state index is 10.9. The number of benzene rings is 1. The van der Waals surface area contributed by atoms with Crippen molar-refractivity contribution >= 4 is 34.2 Å². The summed E-state index contributed by atoms with van der Waals surface area (Å²) in [6, 6.07) is 6.10. The lowest BCUT2D eigenvalue weighted by Gasteiger charge is -2.03. The van der Waals surface area contributed by atoms with Crippen LogP contribution in [0.3, 0.4) is 0 Å². The van der Waals surface area contributed by atoms with Gasteiger partial charge in [0.1, 0.15) is 5.69 Å². The normalized spacial score (nSPS) is 10.7. The Morgan fingerprint density at radius 1 is 1.43 bits per heavy atom. The third-order valence-corrected chi connectivity index (χ3v) is 2.36. The molecule has 0 heterocycles. The standard InChI is InChI=1S/C10H11N3O3S.C3H8O/c1-7(14)11-10(17-2)12-8-5-3-4-6-9(8)13(15)16;1-3(2)4/h3-6H,1-2H3,(H,11,12,14);3-4H,1-2H3. The van der Waals surface area contributed by atoms with E-state index in [2.05, 4.69) is 10.3 Å². The Hall–Kier alpha value is -1.93. The van der Waals surface area contributed by atoms with Gasteiger partial charge in [-0.25, -0.2) is 4.99 Å². The van der Waals surface area contributed by atoms with E-state index >= 15 is 0 Å². The van der Waals surface area contributed by atoms with Crippen molar-refractivity contribution in [3.63, 3.8) is 0 Å². The first-order valence-electron chi connectivity index (χ1n) is 6.09. The first-order valence-corrected chi connectivity index (χ1v) is 7.32. The molecule has 1 aromatic carbocycles. The molecule has 116 valence electrons. The number of aliphatic hydroxyl groups excluding tert-OH is 1. The number of carbonyl (C=O) groups is 1. The van der Waals surface area contributed by atoms with E-state index < -0.39 is 4.92 Å². The summed E-state index contributed by atoms with van der Waals surface area (Å²) in [6.07, 6.45) is 1.56. The minimum Gasteiger partial charge on any atom is -0.394 e. The molecule has 1 aromatic rings. The predicted molar refractivity (Wildman–Crippen MR) is 84.9 cm³/mol. The molecule has 0 atom stereocenters. The Kier molecular flexibility index (Phi) is 8.98. The van der Waals surface area contributed by atoms with Crippen molar-refractivity contribution in [1.29, 1.82) is 0 Å². The van der Waals surface area contributed by atoms with Gasteiger partial charge >= 0.3 is 0 Å². The van der Waals surface area contributed by atoms with Gasteiger partial charge in [0.15, 0.2) is 5.17 Å². The molecule has 0 aromatic heterocycles. The third kappa shape index (κ3) is 8.77. The first kappa shape index (κ1) is 19.1. The van der Waals surface area contributed by atoms with Crippen molar-refractivity contribution < 1.29 is 14.8 Å². The van der Waals surface area contributed by atoms with E-state index in [1.54, 1.807) is 32.2 Å². The minimum atomic E-state index is -0.509. The van der Waals surface area contributed by atoms with E-state index in [-0.39, 0.29) is 23.4 Å². The molecule has 0 fully saturated rings. The Balaban J connectivity index is 0.000000885. The molecule has 1 amide bonds. The van der Waals surface area contributed by atoms with Crippen LogP contribution in [0.15, 0.2) is 29.3 Å². The van der Waals surface area contributed by atoms with Crippen LogP contribution in [0.2, 0.25) is 0 Å². The van der Waals surface area contributed by atoms with E-state index in [1.165, 1.54) is 30.8 Å². The van der Waals surface area contributed by atoms with Gasteiger partial charge < -0.3 is 10.4 Å². The number of carbonyl (C=O) groups excluding carboxylic acids is 1. The van der Waals surface area contributed by atoms with Crippen molar-refractivity contribution in [1.82, 2.24) is 5.32 Å². The van der Waals surface area contributed by atoms with Crippen LogP contribution >= 0.6 is 11.8 Å². The fraction of sp³-hybridized carbons (Fsp3) is 0.385. The Morgan fingerprint density at radius 2 is 1.95 bits per heavy atom. The number of nitrogens with zero attached hydrogens (tertiary/aromatic N) is 2. The average Bonchev–Trinajstić information content (AvgIpc) is 2.37. The largest absolute Gasteiger partial charge is 0.394 e. The monoisotopic (exact) mass is 313 g/mol. The first-order chi connectivity index (χ1) is 9.77. The summed E-state index contributed by atoms with van der Waals surface area (Å²) < 4.78 is 0. The Labute approximate surface area is 127 Å². The van der Waals surface area contributed by atoms with Gasteiger partial charge in [-0.3, -0.25) is 14.9 Å². The lowest BCUT2D eigenvalue weighted by atomic mass is 10.3. The second kappa shape index (κ2) is 9.89. The minimum absolute atomic E-state index is 0.0931. The maximum absolute atomic E-state index is 10.9. The number of hydrogen-bond acceptors (Lipinski definition) is 6. The zero-order chi connectivity index (χ0) is 16.4. The molecule has 2 N–H and O–H groups in total. The van der Waals surface area contributed by atoms with E-state index in [0.717, 1.165) is 0 Å². The smallest absolute Gasteiger partial charge is 0.294 e. The van der Waals surface area contributed by atoms with Gasteiger partial charge in [-0.2, -0.15) is 0 Å². The van der Waals surface area contributed by atoms with Gasteiger partial charge in [0.2, 0.25) is 5.91 Å². The van der Waals surface area contributed by atoms with Crippen LogP contribution in [0, 0.1) is 10.1 Å². The lowest BCUT2D eigenvalue weighted by Crippen LogP contribution is -2.25. The number of nitro benzene ring substituents is 1. The molecule has 0 spiro atoms. The molecule has 0 radical (unpaired) electrons. The van der Waals surface area contributed by atoms with Crippen LogP contribution in [0.4, 0.5) is 11.4 Å². The highest BCUT2D eigenvalue weighted by atomic mass is 32.2. The van der Waals surface area contributed by atoms with E-state index in [9.17, 15) is 14.9 Å². The van der Waals surface area contributed by atoms with Gasteiger partial charge in [-0.1, -0.05) is 23.9 Å². The van der Waals surface area contributed by atoms with E-state index in [4.69, 9.17) is 5.11 Å². The summed E-state index contributed by atoms with van der Waals surface area (Å²) >= 11 is 1.21. The number of nitro groups is 1. The molecule has 8 heteroatoms. The topological polar surface area (TPSA) is 105 Å². The fourth-order valence-electron chi connectivity index (χ4n) is 1.10. The SMILES string of the molecule is CC(C)O.CSC(=Nc1ccccc1[N+](=O)[O-])NC(C)=O. The third-order valence-electron chi connectivity index (χ3n) is 1.78. The van der Waals surface area contributed by atoms with Gasteiger partial charge in [-0.05, 0) is 26.2 Å². The number of amidine groups is 1. The van der Waals surface area contributed by atoms with Gasteiger partial charge in [-0.15, -0.1) is 0 Å². The van der Waals surface area contributed by atoms with Gasteiger partial charge in [0.25, 0.3) is 5.69 Å². The number of aliphatic imine (C=N–C) groups is 1. The molecule has 0 unspecified atom stereocenters. The Bertz CT molecular complexity index is 515. The summed E-state index contributed by atoms with van der Waals surface area (Å²) in [7, 11) is 0. The van der Waals surface area contributed by atoms with Gasteiger partial charge in [0.05, 0.1) is 4.92 Å². The molecule has 21 heavy (non-hydrogen) atoms. The van der Waals surface area contributed by atoms with Crippen LogP contribution in [-0.2, 0) is 4.79 Å². The number of hydrogen-bond donors (Lipinski definition) is 2.